The number of hydrogen-bond donors (Lipinski definition) is 2. The molecular formula is C24H42N2O2. The first-order valence-electron chi connectivity index (χ1n) is 11.0. The van der Waals surface area contributed by atoms with Crippen molar-refractivity contribution in [3.63, 3.8) is 0 Å². The Kier molecular flexibility index (Phi) is 6.51. The van der Waals surface area contributed by atoms with Crippen LogP contribution in [0.25, 0.3) is 0 Å². The lowest BCUT2D eigenvalue weighted by Crippen LogP contribution is -2.46. The molecule has 1 saturated heterocycles. The molecule has 1 aliphatic heterocycles. The number of likely N-dealkylation sites (tertiary alicyclic amines) is 1. The van der Waals surface area contributed by atoms with E-state index in [1.807, 2.05) is 0 Å². The Hall–Kier alpha value is -1.39. The van der Waals surface area contributed by atoms with Crippen LogP contribution in [0, 0.1) is 5.41 Å². The first kappa shape index (κ1) is 21.3. The lowest BCUT2D eigenvalue weighted by atomic mass is 9.63. The summed E-state index contributed by atoms with van der Waals surface area (Å²) in [6, 6.07) is 8.78. The predicted molar refractivity (Wildman–Crippen MR) is 119 cm³/mol. The maximum Gasteiger partial charge on any atom is 0.223 e. The number of amides is 1. The highest BCUT2D eigenvalue weighted by molar-refractivity contribution is 5.77. The standard InChI is InChI=1S/C24H38N2O2.2H2/c1-18(27)17-22(28)25-21-9-10-24(20-8-6-5-7-19(20)21)12-15-26(16-13-24)14-11-23(2,3)4;;/h5-8,18,21,27H,9-17H2,1-4H3,(H,25,28);2*1H/t18-,21+;;/m1../s1. The number of carbonyl (C=O) groups is 1. The highest BCUT2D eigenvalue weighted by Crippen LogP contribution is 2.48. The van der Waals surface area contributed by atoms with Crippen molar-refractivity contribution in [2.24, 2.45) is 5.41 Å². The van der Waals surface area contributed by atoms with E-state index in [-0.39, 0.29) is 26.6 Å². The van der Waals surface area contributed by atoms with Crippen molar-refractivity contribution in [1.29, 1.82) is 0 Å². The van der Waals surface area contributed by atoms with E-state index in [1.165, 1.54) is 50.0 Å². The van der Waals surface area contributed by atoms with Crippen molar-refractivity contribution in [2.75, 3.05) is 19.6 Å². The van der Waals surface area contributed by atoms with Crippen LogP contribution in [0.3, 0.4) is 0 Å². The van der Waals surface area contributed by atoms with Gasteiger partial charge in [-0.25, -0.2) is 0 Å². The first-order valence-corrected chi connectivity index (χ1v) is 11.0. The Bertz CT molecular complexity index is 680. The molecule has 1 aromatic carbocycles. The molecule has 4 nitrogen and oxygen atoms in total. The molecule has 0 radical (unpaired) electrons. The fourth-order valence-electron chi connectivity index (χ4n) is 4.88. The van der Waals surface area contributed by atoms with E-state index in [2.05, 4.69) is 55.3 Å². The van der Waals surface area contributed by atoms with Crippen molar-refractivity contribution in [3.8, 4) is 0 Å². The molecule has 4 heteroatoms. The number of aliphatic hydroxyl groups excluding tert-OH is 1. The van der Waals surface area contributed by atoms with E-state index < -0.39 is 6.10 Å². The highest BCUT2D eigenvalue weighted by atomic mass is 16.3. The van der Waals surface area contributed by atoms with Crippen molar-refractivity contribution >= 4 is 5.91 Å². The molecule has 2 aliphatic rings. The molecule has 1 aliphatic carbocycles. The zero-order chi connectivity index (χ0) is 20.4. The van der Waals surface area contributed by atoms with E-state index in [0.29, 0.717) is 5.41 Å². The maximum absolute atomic E-state index is 12.2. The van der Waals surface area contributed by atoms with Gasteiger partial charge in [-0.1, -0.05) is 45.0 Å². The van der Waals surface area contributed by atoms with Gasteiger partial charge in [0.25, 0.3) is 0 Å². The fourth-order valence-corrected chi connectivity index (χ4v) is 4.88. The van der Waals surface area contributed by atoms with Gasteiger partial charge in [-0.15, -0.1) is 0 Å². The highest BCUT2D eigenvalue weighted by Gasteiger charge is 2.42. The number of benzene rings is 1. The second kappa shape index (κ2) is 8.54. The number of rotatable bonds is 5. The smallest absolute Gasteiger partial charge is 0.223 e. The molecule has 1 spiro atoms. The summed E-state index contributed by atoms with van der Waals surface area (Å²) in [5.74, 6) is -0.0530. The number of aliphatic hydroxyl groups is 1. The van der Waals surface area contributed by atoms with Gasteiger partial charge in [0.15, 0.2) is 0 Å². The first-order chi connectivity index (χ1) is 13.2. The van der Waals surface area contributed by atoms with Gasteiger partial charge < -0.3 is 15.3 Å². The van der Waals surface area contributed by atoms with E-state index in [0.717, 1.165) is 12.8 Å². The summed E-state index contributed by atoms with van der Waals surface area (Å²) in [5.41, 5.74) is 3.39. The van der Waals surface area contributed by atoms with Crippen LogP contribution in [0.4, 0.5) is 0 Å². The van der Waals surface area contributed by atoms with Crippen LogP contribution in [0.5, 0.6) is 0 Å². The Morgan fingerprint density at radius 3 is 2.61 bits per heavy atom. The molecule has 28 heavy (non-hydrogen) atoms. The molecule has 3 rings (SSSR count). The van der Waals surface area contributed by atoms with Gasteiger partial charge in [0.2, 0.25) is 5.91 Å². The molecule has 2 N–H and O–H groups in total. The third-order valence-electron chi connectivity index (χ3n) is 6.63. The SMILES string of the molecule is C[C@@H](O)CC(=O)N[C@H]1CCC2(CCN(CCC(C)(C)C)CC2)c2ccccc21.[HH].[HH]. The number of nitrogens with one attached hydrogen (secondary N) is 1. The molecule has 1 amide bonds. The molecule has 0 unspecified atom stereocenters. The number of hydrogen-bond acceptors (Lipinski definition) is 3. The number of nitrogens with zero attached hydrogens (tertiary/aromatic N) is 1. The summed E-state index contributed by atoms with van der Waals surface area (Å²) >= 11 is 0. The maximum atomic E-state index is 12.2. The van der Waals surface area contributed by atoms with Crippen LogP contribution in [0.1, 0.15) is 86.2 Å². The van der Waals surface area contributed by atoms with Gasteiger partial charge in [-0.3, -0.25) is 4.79 Å². The molecule has 160 valence electrons. The molecule has 0 aromatic heterocycles. The number of fused-ring (bicyclic) bond motifs is 2. The number of piperidine rings is 1. The molecule has 0 bridgehead atoms. The minimum atomic E-state index is -0.595. The largest absolute Gasteiger partial charge is 0.393 e. The Labute approximate surface area is 173 Å². The molecule has 1 heterocycles. The van der Waals surface area contributed by atoms with Gasteiger partial charge in [-0.2, -0.15) is 0 Å². The average Bonchev–Trinajstić information content (AvgIpc) is 2.63. The third-order valence-corrected chi connectivity index (χ3v) is 6.63. The third kappa shape index (κ3) is 5.15. The Morgan fingerprint density at radius 2 is 1.96 bits per heavy atom. The van der Waals surface area contributed by atoms with Gasteiger partial charge >= 0.3 is 0 Å². The van der Waals surface area contributed by atoms with Crippen LogP contribution < -0.4 is 5.32 Å². The van der Waals surface area contributed by atoms with Gasteiger partial charge in [0.1, 0.15) is 0 Å². The molecule has 1 aromatic rings. The minimum absolute atomic E-state index is 0. The van der Waals surface area contributed by atoms with E-state index in [4.69, 9.17) is 0 Å². The van der Waals surface area contributed by atoms with Crippen LogP contribution in [0.2, 0.25) is 0 Å². The van der Waals surface area contributed by atoms with Crippen molar-refractivity contribution in [1.82, 2.24) is 10.2 Å². The van der Waals surface area contributed by atoms with Crippen LogP contribution in [-0.2, 0) is 10.2 Å². The molecule has 1 fully saturated rings. The van der Waals surface area contributed by atoms with Crippen molar-refractivity contribution < 1.29 is 12.8 Å². The van der Waals surface area contributed by atoms with Gasteiger partial charge in [0.05, 0.1) is 18.6 Å². The monoisotopic (exact) mass is 390 g/mol. The van der Waals surface area contributed by atoms with E-state index >= 15 is 0 Å². The summed E-state index contributed by atoms with van der Waals surface area (Å²) in [6.45, 7) is 12.2. The lowest BCUT2D eigenvalue weighted by Gasteiger charge is -2.47. The number of carbonyl (C=O) groups excluding carboxylic acids is 1. The fraction of sp³-hybridized carbons (Fsp3) is 0.708. The average molecular weight is 391 g/mol. The summed E-state index contributed by atoms with van der Waals surface area (Å²) in [6.07, 6.45) is 5.37. The molecule has 2 atom stereocenters. The van der Waals surface area contributed by atoms with Crippen LogP contribution >= 0.6 is 0 Å². The van der Waals surface area contributed by atoms with Gasteiger partial charge in [0, 0.05) is 2.85 Å². The van der Waals surface area contributed by atoms with Crippen molar-refractivity contribution in [2.45, 2.75) is 83.8 Å². The topological polar surface area (TPSA) is 52.6 Å². The summed E-state index contributed by atoms with van der Waals surface area (Å²) < 4.78 is 0. The quantitative estimate of drug-likeness (QED) is 0.768. The zero-order valence-electron chi connectivity index (χ0n) is 18.1. The summed E-state index contributed by atoms with van der Waals surface area (Å²) in [5, 5.41) is 12.7. The zero-order valence-corrected chi connectivity index (χ0v) is 18.1. The second-order valence-corrected chi connectivity index (χ2v) is 10.2. The summed E-state index contributed by atoms with van der Waals surface area (Å²) in [7, 11) is 0. The second-order valence-electron chi connectivity index (χ2n) is 10.2. The minimum Gasteiger partial charge on any atom is -0.393 e. The van der Waals surface area contributed by atoms with Crippen LogP contribution in [0.15, 0.2) is 24.3 Å². The predicted octanol–water partition coefficient (Wildman–Crippen LogP) is 4.67. The molecule has 0 saturated carbocycles. The van der Waals surface area contributed by atoms with Crippen LogP contribution in [-0.4, -0.2) is 41.7 Å². The normalized spacial score (nSPS) is 23.2. The van der Waals surface area contributed by atoms with Crippen molar-refractivity contribution in [3.05, 3.63) is 35.4 Å². The Morgan fingerprint density at radius 1 is 1.29 bits per heavy atom. The van der Waals surface area contributed by atoms with E-state index in [1.54, 1.807) is 6.92 Å². The molecular weight excluding hydrogens is 348 g/mol. The Balaban J connectivity index is 0.00000225. The lowest BCUT2D eigenvalue weighted by molar-refractivity contribution is -0.123. The summed E-state index contributed by atoms with van der Waals surface area (Å²) in [4.78, 5) is 14.9. The van der Waals surface area contributed by atoms with E-state index in [9.17, 15) is 9.90 Å². The van der Waals surface area contributed by atoms with Gasteiger partial charge in [-0.05, 0) is 80.6 Å².